The molecule has 158 valence electrons. The molecule has 0 heterocycles. The molecule has 2 aromatic carbocycles. The summed E-state index contributed by atoms with van der Waals surface area (Å²) in [4.78, 5) is 26.3. The molecule has 0 spiro atoms. The fourth-order valence-corrected chi connectivity index (χ4v) is 3.84. The summed E-state index contributed by atoms with van der Waals surface area (Å²) < 4.78 is 28.8. The van der Waals surface area contributed by atoms with Crippen LogP contribution in [0.2, 0.25) is 0 Å². The van der Waals surface area contributed by atoms with E-state index in [1.54, 1.807) is 18.2 Å². The molecule has 3 rings (SSSR count). The van der Waals surface area contributed by atoms with E-state index in [-0.39, 0.29) is 11.8 Å². The van der Waals surface area contributed by atoms with Gasteiger partial charge in [0.25, 0.3) is 0 Å². The van der Waals surface area contributed by atoms with Crippen molar-refractivity contribution in [1.82, 2.24) is 0 Å². The minimum Gasteiger partial charge on any atom is -0.466 e. The number of carbonyl (C=O) groups excluding carboxylic acids is 2. The van der Waals surface area contributed by atoms with Gasteiger partial charge in [0.1, 0.15) is 5.82 Å². The second-order valence-corrected chi connectivity index (χ2v) is 8.24. The van der Waals surface area contributed by atoms with E-state index < -0.39 is 18.3 Å². The van der Waals surface area contributed by atoms with Crippen LogP contribution in [0.25, 0.3) is 6.08 Å². The standard InChI is InChI=1S/C24H25BrFNO3/c1-30-23(28)12-9-18-13-21(26)15-22(14-18)27(16-17-7-10-20(25)11-8-17)24(29)19-5-3-2-4-6-19/h7-15,19H,2-6,16H2,1H3/b12-9+/i16D. The third-order valence-corrected chi connectivity index (χ3v) is 5.66. The molecule has 1 amide bonds. The number of nitrogens with zero attached hydrogens (tertiary/aromatic N) is 1. The van der Waals surface area contributed by atoms with Crippen LogP contribution in [0.3, 0.4) is 0 Å². The van der Waals surface area contributed by atoms with E-state index in [9.17, 15) is 14.0 Å². The van der Waals surface area contributed by atoms with Crippen LogP contribution >= 0.6 is 15.9 Å². The largest absolute Gasteiger partial charge is 0.466 e. The molecule has 1 unspecified atom stereocenters. The number of esters is 1. The van der Waals surface area contributed by atoms with Gasteiger partial charge in [0.15, 0.2) is 0 Å². The van der Waals surface area contributed by atoms with E-state index in [2.05, 4.69) is 20.7 Å². The van der Waals surface area contributed by atoms with Gasteiger partial charge in [0, 0.05) is 22.2 Å². The fourth-order valence-electron chi connectivity index (χ4n) is 3.57. The van der Waals surface area contributed by atoms with Crippen LogP contribution in [0.4, 0.5) is 10.1 Å². The molecule has 0 bridgehead atoms. The zero-order valence-electron chi connectivity index (χ0n) is 17.8. The van der Waals surface area contributed by atoms with Crippen LogP contribution in [0.1, 0.15) is 44.6 Å². The smallest absolute Gasteiger partial charge is 0.330 e. The van der Waals surface area contributed by atoms with Gasteiger partial charge in [-0.3, -0.25) is 4.79 Å². The Morgan fingerprint density at radius 3 is 2.57 bits per heavy atom. The number of hydrogen-bond acceptors (Lipinski definition) is 3. The van der Waals surface area contributed by atoms with Gasteiger partial charge in [-0.05, 0) is 60.4 Å². The Morgan fingerprint density at radius 2 is 1.90 bits per heavy atom. The van der Waals surface area contributed by atoms with E-state index >= 15 is 0 Å². The zero-order valence-corrected chi connectivity index (χ0v) is 18.4. The molecule has 30 heavy (non-hydrogen) atoms. The lowest BCUT2D eigenvalue weighted by molar-refractivity contribution is -0.134. The lowest BCUT2D eigenvalue weighted by Crippen LogP contribution is -2.36. The predicted octanol–water partition coefficient (Wildman–Crippen LogP) is 5.89. The molecule has 0 aromatic heterocycles. The molecule has 0 aliphatic heterocycles. The molecule has 1 aliphatic rings. The first-order valence-electron chi connectivity index (χ1n) is 10.5. The van der Waals surface area contributed by atoms with Gasteiger partial charge in [0.2, 0.25) is 5.91 Å². The summed E-state index contributed by atoms with van der Waals surface area (Å²) in [6.45, 7) is -1.03. The molecule has 0 N–H and O–H groups in total. The van der Waals surface area contributed by atoms with Crippen molar-refractivity contribution < 1.29 is 20.1 Å². The number of methoxy groups -OCH3 is 1. The first kappa shape index (κ1) is 20.8. The number of halogens is 2. The van der Waals surface area contributed by atoms with Crippen molar-refractivity contribution in [2.24, 2.45) is 5.92 Å². The van der Waals surface area contributed by atoms with Crippen molar-refractivity contribution in [2.75, 3.05) is 12.0 Å². The van der Waals surface area contributed by atoms with Gasteiger partial charge in [-0.15, -0.1) is 0 Å². The molecular weight excluding hydrogens is 449 g/mol. The van der Waals surface area contributed by atoms with Crippen molar-refractivity contribution in [3.8, 4) is 0 Å². The van der Waals surface area contributed by atoms with Crippen molar-refractivity contribution in [3.63, 3.8) is 0 Å². The molecule has 0 radical (unpaired) electrons. The minimum atomic E-state index is -1.03. The molecule has 1 saturated carbocycles. The number of carbonyl (C=O) groups is 2. The Labute approximate surface area is 186 Å². The predicted molar refractivity (Wildman–Crippen MR) is 119 cm³/mol. The van der Waals surface area contributed by atoms with Crippen LogP contribution in [-0.4, -0.2) is 19.0 Å². The third-order valence-electron chi connectivity index (χ3n) is 5.14. The monoisotopic (exact) mass is 474 g/mol. The van der Waals surface area contributed by atoms with Gasteiger partial charge in [-0.1, -0.05) is 47.3 Å². The quantitative estimate of drug-likeness (QED) is 0.387. The Kier molecular flexibility index (Phi) is 7.29. The highest BCUT2D eigenvalue weighted by atomic mass is 79.9. The highest BCUT2D eigenvalue weighted by Gasteiger charge is 2.27. The number of benzene rings is 2. The fraction of sp³-hybridized carbons (Fsp3) is 0.333. The lowest BCUT2D eigenvalue weighted by Gasteiger charge is -2.30. The summed E-state index contributed by atoms with van der Waals surface area (Å²) in [6.07, 6.45) is 7.21. The zero-order chi connectivity index (χ0) is 22.4. The number of amides is 1. The van der Waals surface area contributed by atoms with E-state index in [4.69, 9.17) is 1.37 Å². The molecule has 6 heteroatoms. The Bertz CT molecular complexity index is 958. The molecule has 4 nitrogen and oxygen atoms in total. The molecular formula is C24H25BrFNO3. The number of rotatable bonds is 6. The number of hydrogen-bond donors (Lipinski definition) is 0. The van der Waals surface area contributed by atoms with Gasteiger partial charge < -0.3 is 9.64 Å². The second kappa shape index (κ2) is 10.5. The summed E-state index contributed by atoms with van der Waals surface area (Å²) in [7, 11) is 1.26. The summed E-state index contributed by atoms with van der Waals surface area (Å²) >= 11 is 3.39. The molecule has 1 aliphatic carbocycles. The Balaban J connectivity index is 2.01. The molecule has 0 saturated heterocycles. The minimum absolute atomic E-state index is 0.170. The first-order valence-corrected chi connectivity index (χ1v) is 10.8. The maximum Gasteiger partial charge on any atom is 0.330 e. The highest BCUT2D eigenvalue weighted by molar-refractivity contribution is 9.10. The Hall–Kier alpha value is -2.47. The van der Waals surface area contributed by atoms with Crippen LogP contribution in [0.15, 0.2) is 53.0 Å². The lowest BCUT2D eigenvalue weighted by atomic mass is 9.88. The normalized spacial score (nSPS) is 16.2. The first-order chi connectivity index (χ1) is 14.9. The molecule has 1 atom stereocenters. The van der Waals surface area contributed by atoms with Crippen molar-refractivity contribution in [2.45, 2.75) is 38.6 Å². The molecule has 1 fully saturated rings. The topological polar surface area (TPSA) is 46.6 Å². The average Bonchev–Trinajstić information content (AvgIpc) is 2.78. The maximum atomic E-state index is 14.5. The van der Waals surface area contributed by atoms with Gasteiger partial charge in [0.05, 0.1) is 15.0 Å². The van der Waals surface area contributed by atoms with E-state index in [0.717, 1.165) is 36.6 Å². The van der Waals surface area contributed by atoms with Crippen molar-refractivity contribution >= 4 is 39.6 Å². The summed E-state index contributed by atoms with van der Waals surface area (Å²) in [5.41, 5.74) is 1.33. The van der Waals surface area contributed by atoms with E-state index in [0.29, 0.717) is 16.8 Å². The van der Waals surface area contributed by atoms with E-state index in [1.807, 2.05) is 12.1 Å². The summed E-state index contributed by atoms with van der Waals surface area (Å²) in [5, 5.41) is 0. The Morgan fingerprint density at radius 1 is 1.20 bits per heavy atom. The second-order valence-electron chi connectivity index (χ2n) is 7.32. The van der Waals surface area contributed by atoms with Gasteiger partial charge in [-0.2, -0.15) is 0 Å². The van der Waals surface area contributed by atoms with Crippen LogP contribution < -0.4 is 4.90 Å². The van der Waals surface area contributed by atoms with Gasteiger partial charge >= 0.3 is 5.97 Å². The summed E-state index contributed by atoms with van der Waals surface area (Å²) in [6, 6.07) is 11.3. The number of anilines is 1. The molecule has 2 aromatic rings. The third kappa shape index (κ3) is 6.02. The van der Waals surface area contributed by atoms with Gasteiger partial charge in [-0.25, -0.2) is 9.18 Å². The average molecular weight is 475 g/mol. The van der Waals surface area contributed by atoms with Crippen molar-refractivity contribution in [3.05, 3.63) is 70.0 Å². The number of ether oxygens (including phenoxy) is 1. The van der Waals surface area contributed by atoms with E-state index in [1.165, 1.54) is 36.3 Å². The highest BCUT2D eigenvalue weighted by Crippen LogP contribution is 2.30. The van der Waals surface area contributed by atoms with Crippen molar-refractivity contribution in [1.29, 1.82) is 0 Å². The SMILES string of the molecule is [2H]C(c1ccc(Br)cc1)N(C(=O)C1CCCCC1)c1cc(F)cc(/C=C/C(=O)OC)c1. The summed E-state index contributed by atoms with van der Waals surface area (Å²) in [5.74, 6) is -1.47. The van der Waals surface area contributed by atoms with Crippen LogP contribution in [0, 0.1) is 11.7 Å². The maximum absolute atomic E-state index is 14.5. The van der Waals surface area contributed by atoms with Crippen LogP contribution in [0.5, 0.6) is 0 Å². The van der Waals surface area contributed by atoms with Crippen LogP contribution in [-0.2, 0) is 20.8 Å².